The minimum absolute atomic E-state index is 0.0778. The van der Waals surface area contributed by atoms with E-state index in [2.05, 4.69) is 95.6 Å². The summed E-state index contributed by atoms with van der Waals surface area (Å²) in [4.78, 5) is 76.3. The predicted molar refractivity (Wildman–Crippen MR) is 589 cm³/mol. The molecule has 0 aliphatic heterocycles. The molecule has 0 amide bonds. The summed E-state index contributed by atoms with van der Waals surface area (Å²) >= 11 is 0. The molecule has 4 atom stereocenters. The molecule has 0 spiro atoms. The number of methoxy groups -OCH3 is 7. The summed E-state index contributed by atoms with van der Waals surface area (Å²) < 4.78 is 32.2. The molecule has 0 aromatic carbocycles. The van der Waals surface area contributed by atoms with Crippen LogP contribution in [0.1, 0.15) is 566 Å². The van der Waals surface area contributed by atoms with Crippen LogP contribution in [0.15, 0.2) is 48.6 Å². The van der Waals surface area contributed by atoms with Gasteiger partial charge in [-0.3, -0.25) is 33.6 Å². The van der Waals surface area contributed by atoms with E-state index in [9.17, 15) is 54.0 Å². The van der Waals surface area contributed by atoms with Crippen molar-refractivity contribution in [2.45, 2.75) is 590 Å². The fourth-order valence-corrected chi connectivity index (χ4v) is 15.8. The average molecular weight is 2030 g/mol. The molecule has 0 saturated heterocycles. The van der Waals surface area contributed by atoms with Crippen molar-refractivity contribution in [3.05, 3.63) is 48.6 Å². The van der Waals surface area contributed by atoms with Crippen LogP contribution in [0, 0.1) is 0 Å². The van der Waals surface area contributed by atoms with Crippen LogP contribution in [-0.4, -0.2) is 195 Å². The van der Waals surface area contributed by atoms with E-state index >= 15 is 0 Å². The highest BCUT2D eigenvalue weighted by molar-refractivity contribution is 5.71. The lowest BCUT2D eigenvalue weighted by Crippen LogP contribution is -2.25. The maximum Gasteiger partial charge on any atom is 0.305 e. The molecule has 142 heavy (non-hydrogen) atoms. The molecule has 0 heterocycles. The second kappa shape index (κ2) is 138. The summed E-state index contributed by atoms with van der Waals surface area (Å²) in [6, 6.07) is 0. The summed E-state index contributed by atoms with van der Waals surface area (Å²) in [5, 5.41) is 82.7. The maximum atomic E-state index is 10.9. The number of rotatable bonds is 99. The molecule has 0 aromatic rings. The maximum absolute atomic E-state index is 10.9. The van der Waals surface area contributed by atoms with Crippen LogP contribution < -0.4 is 0 Å². The summed E-state index contributed by atoms with van der Waals surface area (Å²) in [6.07, 6.45) is 109. The summed E-state index contributed by atoms with van der Waals surface area (Å²) in [5.74, 6) is -0.727. The number of ether oxygens (including phenoxy) is 7. The van der Waals surface area contributed by atoms with E-state index in [1.54, 1.807) is 0 Å². The third-order valence-electron chi connectivity index (χ3n) is 25.2. The quantitative estimate of drug-likeness (QED) is 0.0118. The first kappa shape index (κ1) is 150. The van der Waals surface area contributed by atoms with Gasteiger partial charge in [-0.2, -0.15) is 0 Å². The normalized spacial score (nSPS) is 11.9. The Morgan fingerprint density at radius 2 is 0.289 bits per heavy atom. The molecular weight excluding hydrogens is 1800 g/mol. The molecule has 0 saturated carbocycles. The van der Waals surface area contributed by atoms with Gasteiger partial charge >= 0.3 is 41.8 Å². The summed E-state index contributed by atoms with van der Waals surface area (Å²) in [6.45, 7) is 5.96. The van der Waals surface area contributed by atoms with Crippen LogP contribution in [0.2, 0.25) is 0 Å². The van der Waals surface area contributed by atoms with Gasteiger partial charge in [0.25, 0.3) is 0 Å². The third-order valence-corrected chi connectivity index (χ3v) is 25.2. The third kappa shape index (κ3) is 148. The van der Waals surface area contributed by atoms with E-state index in [-0.39, 0.29) is 67.2 Å². The zero-order valence-corrected chi connectivity index (χ0v) is 93.5. The minimum Gasteiger partial charge on any atom is -0.469 e. The first-order chi connectivity index (χ1) is 69.2. The first-order valence-electron chi connectivity index (χ1n) is 58.1. The van der Waals surface area contributed by atoms with E-state index in [0.29, 0.717) is 77.6 Å². The lowest BCUT2D eigenvalue weighted by Gasteiger charge is -2.17. The second-order valence-corrected chi connectivity index (χ2v) is 38.5. The molecule has 0 radical (unpaired) electrons. The SMILES string of the molecule is CCCCCC/C=C/CCCCCCCC(=O)OC.CCCCCC/C=C\CCCCCCCC(=O)OC.COC(=O)CCCCCCC/C=C/CCCCCCO.COC(=O)CCCCCCC/C=C\CCCCCCO.COC(=O)CCCCCCCC(O)C(O)CCCCCCO.COC(=O)CCCCCCCC(O)CCCCCCCO.COC(=O)CCCCCCCCC(O)CCCCCCO. The van der Waals surface area contributed by atoms with Gasteiger partial charge < -0.3 is 79.1 Å². The number of hydrogen-bond donors (Lipinski definition) is 9. The summed E-state index contributed by atoms with van der Waals surface area (Å²) in [5.41, 5.74) is 0. The number of hydrogen-bond acceptors (Lipinski definition) is 23. The van der Waals surface area contributed by atoms with Gasteiger partial charge in [-0.05, 0) is 218 Å². The van der Waals surface area contributed by atoms with Gasteiger partial charge in [0.1, 0.15) is 0 Å². The smallest absolute Gasteiger partial charge is 0.305 e. The van der Waals surface area contributed by atoms with Gasteiger partial charge in [-0.25, -0.2) is 0 Å². The largest absolute Gasteiger partial charge is 0.469 e. The van der Waals surface area contributed by atoms with Crippen molar-refractivity contribution in [2.24, 2.45) is 0 Å². The van der Waals surface area contributed by atoms with Gasteiger partial charge in [0, 0.05) is 78.0 Å². The van der Waals surface area contributed by atoms with Gasteiger partial charge in [0.05, 0.1) is 74.2 Å². The fraction of sp³-hybridized carbons (Fsp3) is 0.874. The monoisotopic (exact) mass is 2030 g/mol. The minimum atomic E-state index is -0.632. The number of carbonyl (C=O) groups excluding carboxylic acids is 7. The number of aliphatic hydroxyl groups excluding tert-OH is 9. The van der Waals surface area contributed by atoms with Crippen molar-refractivity contribution in [1.82, 2.24) is 0 Å². The first-order valence-corrected chi connectivity index (χ1v) is 58.1. The molecule has 0 aliphatic rings. The van der Waals surface area contributed by atoms with Gasteiger partial charge in [-0.1, -0.05) is 351 Å². The van der Waals surface area contributed by atoms with E-state index in [4.69, 9.17) is 25.5 Å². The Kier molecular flexibility index (Phi) is 146. The lowest BCUT2D eigenvalue weighted by molar-refractivity contribution is -0.141. The van der Waals surface area contributed by atoms with Crippen molar-refractivity contribution < 1.29 is 113 Å². The highest BCUT2D eigenvalue weighted by Crippen LogP contribution is 2.21. The van der Waals surface area contributed by atoms with Crippen LogP contribution in [0.5, 0.6) is 0 Å². The average Bonchev–Trinajstić information content (AvgIpc) is 0.972. The Morgan fingerprint density at radius 1 is 0.169 bits per heavy atom. The van der Waals surface area contributed by atoms with Gasteiger partial charge in [0.15, 0.2) is 0 Å². The highest BCUT2D eigenvalue weighted by atomic mass is 16.5. The Labute approximate surface area is 871 Å². The molecular formula is C119H230O23. The molecule has 0 rings (SSSR count). The highest BCUT2D eigenvalue weighted by Gasteiger charge is 2.16. The molecule has 4 unspecified atom stereocenters. The van der Waals surface area contributed by atoms with Crippen LogP contribution in [0.4, 0.5) is 0 Å². The Hall–Kier alpha value is -5.11. The topological polar surface area (TPSA) is 366 Å². The van der Waals surface area contributed by atoms with Crippen molar-refractivity contribution in [3.8, 4) is 0 Å². The standard InChI is InChI=1S/C17H34O5.2C17H34O4.2C17H32O3.2C17H32O2/c1-22-17(21)13-9-4-2-3-7-11-15(19)16(20)12-8-5-6-10-14-18;1-21-17(20)14-10-6-2-4-8-12-16(19)13-9-5-3-7-11-15-18;1-21-17(20)14-10-5-3-2-4-8-12-16(19)13-9-6-7-11-15-18;2*1-20-17(19)15-13-11-9-7-5-3-2-4-6-8-10-12-14-16-18;2*1-3-4-5-6-7-8-9-10-11-12-13-14-15-16-17(18)19-2/h15-16,18-20H,2-14H2,1H3;2*16,18-19H,2-15H2,1H3;2*2,4,18H,3,5-16H2,1H3;2*8-9H,3-7,10-16H2,1-2H3/b;;;4-2+;4-2-;9-8+;9-8-. The Bertz CT molecular complexity index is 2500. The molecule has 23 nitrogen and oxygen atoms in total. The van der Waals surface area contributed by atoms with Crippen molar-refractivity contribution >= 4 is 41.8 Å². The van der Waals surface area contributed by atoms with Crippen molar-refractivity contribution in [1.29, 1.82) is 0 Å². The molecule has 0 aromatic heterocycles. The van der Waals surface area contributed by atoms with Crippen LogP contribution in [-0.2, 0) is 66.7 Å². The molecule has 9 N–H and O–H groups in total. The molecule has 23 heteroatoms. The predicted octanol–water partition coefficient (Wildman–Crippen LogP) is 29.3. The van der Waals surface area contributed by atoms with Crippen molar-refractivity contribution in [3.63, 3.8) is 0 Å². The molecule has 0 aliphatic carbocycles. The zero-order chi connectivity index (χ0) is 106. The number of allylic oxidation sites excluding steroid dienone is 8. The molecule has 0 fully saturated rings. The number of esters is 7. The number of carbonyl (C=O) groups is 7. The van der Waals surface area contributed by atoms with Crippen LogP contribution in [0.25, 0.3) is 0 Å². The zero-order valence-electron chi connectivity index (χ0n) is 93.5. The van der Waals surface area contributed by atoms with E-state index in [0.717, 1.165) is 276 Å². The number of unbranched alkanes of at least 4 members (excludes halogenated alkanes) is 59. The molecule has 844 valence electrons. The van der Waals surface area contributed by atoms with E-state index < -0.39 is 12.2 Å². The van der Waals surface area contributed by atoms with E-state index in [1.165, 1.54) is 268 Å². The van der Waals surface area contributed by atoms with Gasteiger partial charge in [-0.15, -0.1) is 0 Å². The van der Waals surface area contributed by atoms with E-state index in [1.807, 2.05) is 0 Å². The lowest BCUT2D eigenvalue weighted by atomic mass is 10.00. The van der Waals surface area contributed by atoms with Gasteiger partial charge in [0.2, 0.25) is 0 Å². The number of aliphatic hydroxyl groups is 9. The van der Waals surface area contributed by atoms with Crippen molar-refractivity contribution in [2.75, 3.05) is 82.8 Å². The Balaban J connectivity index is -0.000000300. The second-order valence-electron chi connectivity index (χ2n) is 38.5. The fourth-order valence-electron chi connectivity index (χ4n) is 15.8. The Morgan fingerprint density at radius 3 is 0.430 bits per heavy atom. The van der Waals surface area contributed by atoms with Crippen LogP contribution in [0.3, 0.4) is 0 Å². The summed E-state index contributed by atoms with van der Waals surface area (Å²) in [7, 11) is 10.1. The van der Waals surface area contributed by atoms with Crippen LogP contribution >= 0.6 is 0 Å². The molecule has 0 bridgehead atoms.